The number of anilines is 1. The Morgan fingerprint density at radius 2 is 1.71 bits per heavy atom. The highest BCUT2D eigenvalue weighted by Gasteiger charge is 2.08. The number of hydrogen-bond acceptors (Lipinski definition) is 3. The Bertz CT molecular complexity index is 590. The van der Waals surface area contributed by atoms with E-state index >= 15 is 0 Å². The summed E-state index contributed by atoms with van der Waals surface area (Å²) in [5, 5.41) is 8.57. The van der Waals surface area contributed by atoms with Crippen molar-refractivity contribution in [3.05, 3.63) is 54.6 Å². The number of ether oxygens (including phenoxy) is 1. The van der Waals surface area contributed by atoms with E-state index in [1.54, 1.807) is 0 Å². The van der Waals surface area contributed by atoms with Crippen molar-refractivity contribution < 1.29 is 4.74 Å². The lowest BCUT2D eigenvalue weighted by atomic mass is 10.2. The third-order valence-electron chi connectivity index (χ3n) is 3.28. The van der Waals surface area contributed by atoms with Gasteiger partial charge in [0.05, 0.1) is 11.8 Å². The first kappa shape index (κ1) is 14.9. The number of nitrogens with zero attached hydrogens (tertiary/aromatic N) is 2. The van der Waals surface area contributed by atoms with Gasteiger partial charge in [-0.3, -0.25) is 0 Å². The van der Waals surface area contributed by atoms with Crippen LogP contribution >= 0.6 is 0 Å². The predicted molar refractivity (Wildman–Crippen MR) is 85.7 cm³/mol. The molecule has 0 saturated carbocycles. The molecule has 0 atom stereocenters. The van der Waals surface area contributed by atoms with Crippen molar-refractivity contribution in [2.75, 3.05) is 18.5 Å². The summed E-state index contributed by atoms with van der Waals surface area (Å²) in [5.74, 6) is 1.69. The van der Waals surface area contributed by atoms with Gasteiger partial charge >= 0.3 is 0 Å². The quantitative estimate of drug-likeness (QED) is 0.695. The van der Waals surface area contributed by atoms with E-state index in [0.717, 1.165) is 36.6 Å². The maximum Gasteiger partial charge on any atom is 0.150 e. The lowest BCUT2D eigenvalue weighted by Gasteiger charge is -2.22. The van der Waals surface area contributed by atoms with Crippen LogP contribution in [0.25, 0.3) is 0 Å². The first-order chi connectivity index (χ1) is 10.3. The standard InChI is InChI=1S/C18H20N2O/c1-20(15-9-3-8-14-19)17-12-6-7-13-18(17)21-16-10-4-2-5-11-16/h2,4-7,10-13H,3,8-9,15H2,1H3. The van der Waals surface area contributed by atoms with E-state index in [9.17, 15) is 0 Å². The zero-order chi connectivity index (χ0) is 14.9. The van der Waals surface area contributed by atoms with Gasteiger partial charge in [0, 0.05) is 20.0 Å². The van der Waals surface area contributed by atoms with E-state index in [0.29, 0.717) is 6.42 Å². The monoisotopic (exact) mass is 280 g/mol. The summed E-state index contributed by atoms with van der Waals surface area (Å²) in [5.41, 5.74) is 1.07. The van der Waals surface area contributed by atoms with Crippen LogP contribution in [0.4, 0.5) is 5.69 Å². The van der Waals surface area contributed by atoms with Crippen LogP contribution in [0.2, 0.25) is 0 Å². The van der Waals surface area contributed by atoms with E-state index in [-0.39, 0.29) is 0 Å². The Kier molecular flexibility index (Phi) is 5.66. The molecular weight excluding hydrogens is 260 g/mol. The Morgan fingerprint density at radius 3 is 2.48 bits per heavy atom. The summed E-state index contributed by atoms with van der Waals surface area (Å²) in [6, 6.07) is 20.0. The van der Waals surface area contributed by atoms with Crippen molar-refractivity contribution in [1.29, 1.82) is 5.26 Å². The summed E-state index contributed by atoms with van der Waals surface area (Å²) < 4.78 is 5.96. The molecule has 0 aromatic heterocycles. The van der Waals surface area contributed by atoms with Crippen LogP contribution in [-0.4, -0.2) is 13.6 Å². The lowest BCUT2D eigenvalue weighted by molar-refractivity contribution is 0.482. The molecule has 0 amide bonds. The fraction of sp³-hybridized carbons (Fsp3) is 0.278. The topological polar surface area (TPSA) is 36.3 Å². The molecule has 0 aliphatic rings. The second-order valence-electron chi connectivity index (χ2n) is 4.92. The average Bonchev–Trinajstić information content (AvgIpc) is 2.53. The smallest absolute Gasteiger partial charge is 0.150 e. The lowest BCUT2D eigenvalue weighted by Crippen LogP contribution is -2.18. The highest BCUT2D eigenvalue weighted by molar-refractivity contribution is 5.59. The second kappa shape index (κ2) is 7.96. The Balaban J connectivity index is 2.04. The van der Waals surface area contributed by atoms with Crippen LogP contribution in [0.1, 0.15) is 19.3 Å². The third kappa shape index (κ3) is 4.54. The molecule has 3 heteroatoms. The van der Waals surface area contributed by atoms with Gasteiger partial charge in [0.1, 0.15) is 5.75 Å². The minimum absolute atomic E-state index is 0.621. The molecule has 2 aromatic carbocycles. The molecule has 0 heterocycles. The SMILES string of the molecule is CN(CCCCC#N)c1ccccc1Oc1ccccc1. The molecule has 0 radical (unpaired) electrons. The molecule has 0 N–H and O–H groups in total. The molecule has 2 aromatic rings. The van der Waals surface area contributed by atoms with Gasteiger partial charge in [0.25, 0.3) is 0 Å². The average molecular weight is 280 g/mol. The summed E-state index contributed by atoms with van der Waals surface area (Å²) in [7, 11) is 2.06. The van der Waals surface area contributed by atoms with Crippen LogP contribution in [0.3, 0.4) is 0 Å². The normalized spacial score (nSPS) is 9.90. The van der Waals surface area contributed by atoms with E-state index in [1.807, 2.05) is 48.5 Å². The molecule has 0 unspecified atom stereocenters. The summed E-state index contributed by atoms with van der Waals surface area (Å²) in [4.78, 5) is 2.18. The van der Waals surface area contributed by atoms with Crippen molar-refractivity contribution in [1.82, 2.24) is 0 Å². The minimum atomic E-state index is 0.621. The predicted octanol–water partition coefficient (Wildman–Crippen LogP) is 4.61. The maximum atomic E-state index is 8.57. The summed E-state index contributed by atoms with van der Waals surface area (Å²) in [6.45, 7) is 0.914. The summed E-state index contributed by atoms with van der Waals surface area (Å²) in [6.07, 6.45) is 2.56. The van der Waals surface area contributed by atoms with Gasteiger partial charge in [-0.1, -0.05) is 30.3 Å². The van der Waals surface area contributed by atoms with Gasteiger partial charge in [-0.15, -0.1) is 0 Å². The van der Waals surface area contributed by atoms with Crippen LogP contribution in [0.5, 0.6) is 11.5 Å². The Labute approximate surface area is 126 Å². The van der Waals surface area contributed by atoms with Gasteiger partial charge < -0.3 is 9.64 Å². The molecule has 0 aliphatic carbocycles. The molecule has 0 fully saturated rings. The molecule has 3 nitrogen and oxygen atoms in total. The molecular formula is C18H20N2O. The van der Waals surface area contributed by atoms with Crippen LogP contribution in [-0.2, 0) is 0 Å². The fourth-order valence-corrected chi connectivity index (χ4v) is 2.15. The number of benzene rings is 2. The molecule has 21 heavy (non-hydrogen) atoms. The maximum absolute atomic E-state index is 8.57. The number of unbranched alkanes of at least 4 members (excludes halogenated alkanes) is 2. The minimum Gasteiger partial charge on any atom is -0.455 e. The molecule has 0 spiro atoms. The highest BCUT2D eigenvalue weighted by atomic mass is 16.5. The number of para-hydroxylation sites is 3. The molecule has 0 aliphatic heterocycles. The zero-order valence-electron chi connectivity index (χ0n) is 12.3. The van der Waals surface area contributed by atoms with Crippen molar-refractivity contribution in [2.45, 2.75) is 19.3 Å². The molecule has 108 valence electrons. The van der Waals surface area contributed by atoms with E-state index < -0.39 is 0 Å². The molecule has 0 saturated heterocycles. The second-order valence-corrected chi connectivity index (χ2v) is 4.92. The largest absolute Gasteiger partial charge is 0.455 e. The third-order valence-corrected chi connectivity index (χ3v) is 3.28. The Morgan fingerprint density at radius 1 is 1.00 bits per heavy atom. The van der Waals surface area contributed by atoms with Gasteiger partial charge in [-0.2, -0.15) is 5.26 Å². The van der Waals surface area contributed by atoms with Crippen LogP contribution in [0, 0.1) is 11.3 Å². The van der Waals surface area contributed by atoms with Crippen molar-refractivity contribution in [3.63, 3.8) is 0 Å². The Hall–Kier alpha value is -2.47. The van der Waals surface area contributed by atoms with Gasteiger partial charge in [-0.25, -0.2) is 0 Å². The van der Waals surface area contributed by atoms with E-state index in [1.165, 1.54) is 0 Å². The van der Waals surface area contributed by atoms with E-state index in [4.69, 9.17) is 10.00 Å². The van der Waals surface area contributed by atoms with Crippen molar-refractivity contribution in [2.24, 2.45) is 0 Å². The van der Waals surface area contributed by atoms with E-state index in [2.05, 4.69) is 24.1 Å². The van der Waals surface area contributed by atoms with Crippen molar-refractivity contribution in [3.8, 4) is 17.6 Å². The van der Waals surface area contributed by atoms with Gasteiger partial charge in [0.15, 0.2) is 5.75 Å². The first-order valence-corrected chi connectivity index (χ1v) is 7.21. The molecule has 0 bridgehead atoms. The zero-order valence-corrected chi connectivity index (χ0v) is 12.3. The number of hydrogen-bond donors (Lipinski definition) is 0. The number of nitriles is 1. The van der Waals surface area contributed by atoms with Gasteiger partial charge in [-0.05, 0) is 37.1 Å². The van der Waals surface area contributed by atoms with Crippen LogP contribution < -0.4 is 9.64 Å². The molecule has 2 rings (SSSR count). The fourth-order valence-electron chi connectivity index (χ4n) is 2.15. The highest BCUT2D eigenvalue weighted by Crippen LogP contribution is 2.31. The first-order valence-electron chi connectivity index (χ1n) is 7.21. The van der Waals surface area contributed by atoms with Gasteiger partial charge in [0.2, 0.25) is 0 Å². The van der Waals surface area contributed by atoms with Crippen LogP contribution in [0.15, 0.2) is 54.6 Å². The summed E-state index contributed by atoms with van der Waals surface area (Å²) >= 11 is 0. The van der Waals surface area contributed by atoms with Crippen molar-refractivity contribution >= 4 is 5.69 Å². The number of rotatable bonds is 7.